The van der Waals surface area contributed by atoms with Gasteiger partial charge < -0.3 is 10.6 Å². The number of allylic oxidation sites excluding steroid dienone is 2. The zero-order chi connectivity index (χ0) is 19.8. The van der Waals surface area contributed by atoms with Gasteiger partial charge in [0.1, 0.15) is 5.82 Å². The van der Waals surface area contributed by atoms with Crippen molar-refractivity contribution in [3.8, 4) is 0 Å². The highest BCUT2D eigenvalue weighted by molar-refractivity contribution is 5.97. The molecule has 0 spiro atoms. The molecule has 7 heteroatoms. The van der Waals surface area contributed by atoms with E-state index in [1.54, 1.807) is 0 Å². The first-order valence-corrected chi connectivity index (χ1v) is 10.1. The van der Waals surface area contributed by atoms with E-state index >= 15 is 0 Å². The molecule has 1 atom stereocenters. The molecule has 1 unspecified atom stereocenters. The average Bonchev–Trinajstić information content (AvgIpc) is 2.66. The second kappa shape index (κ2) is 10.1. The summed E-state index contributed by atoms with van der Waals surface area (Å²) < 4.78 is 1.38. The highest BCUT2D eigenvalue weighted by Crippen LogP contribution is 2.25. The van der Waals surface area contributed by atoms with Gasteiger partial charge in [0.05, 0.1) is 0 Å². The summed E-state index contributed by atoms with van der Waals surface area (Å²) in [5.41, 5.74) is 5.26. The van der Waals surface area contributed by atoms with E-state index in [4.69, 9.17) is 5.73 Å². The fraction of sp³-hybridized carbons (Fsp3) is 0.650. The van der Waals surface area contributed by atoms with Crippen molar-refractivity contribution in [1.29, 1.82) is 0 Å². The van der Waals surface area contributed by atoms with Gasteiger partial charge in [-0.2, -0.15) is 0 Å². The van der Waals surface area contributed by atoms with Crippen molar-refractivity contribution in [2.45, 2.75) is 71.8 Å². The third-order valence-corrected chi connectivity index (χ3v) is 5.09. The number of H-pyrrole nitrogens is 1. The average molecular weight is 377 g/mol. The van der Waals surface area contributed by atoms with Crippen molar-refractivity contribution in [3.63, 3.8) is 0 Å². The smallest absolute Gasteiger partial charge is 0.330 e. The quantitative estimate of drug-likeness (QED) is 0.511. The molecule has 1 aromatic heterocycles. The number of hydrogen-bond donors (Lipinski definition) is 2. The molecule has 1 amide bonds. The normalized spacial score (nSPS) is 16.4. The third kappa shape index (κ3) is 5.11. The number of hydrogen-bond acceptors (Lipinski definition) is 4. The maximum atomic E-state index is 13.2. The Labute approximate surface area is 160 Å². The van der Waals surface area contributed by atoms with Crippen LogP contribution >= 0.6 is 0 Å². The summed E-state index contributed by atoms with van der Waals surface area (Å²) in [6, 6.07) is 0. The standard InChI is InChI=1S/C20H32N4O3/c1-3-5-10-14-23(19(26)15-11-8-7-9-12-15)16-17(21)24(13-6-4-2)20(27)22-18(16)25/h7-8,15H,3-6,9-14,21H2,1-2H3,(H,22,25,27). The van der Waals surface area contributed by atoms with Crippen LogP contribution in [0.2, 0.25) is 0 Å². The summed E-state index contributed by atoms with van der Waals surface area (Å²) in [5, 5.41) is 0. The summed E-state index contributed by atoms with van der Waals surface area (Å²) in [6.07, 6.45) is 10.8. The van der Waals surface area contributed by atoms with Gasteiger partial charge in [-0.15, -0.1) is 0 Å². The van der Waals surface area contributed by atoms with Crippen LogP contribution in [-0.2, 0) is 11.3 Å². The van der Waals surface area contributed by atoms with E-state index in [1.165, 1.54) is 9.47 Å². The van der Waals surface area contributed by atoms with Crippen molar-refractivity contribution < 1.29 is 4.79 Å². The number of nitrogens with one attached hydrogen (secondary N) is 1. The summed E-state index contributed by atoms with van der Waals surface area (Å²) in [4.78, 5) is 41.9. The molecule has 0 fully saturated rings. The van der Waals surface area contributed by atoms with Gasteiger partial charge in [0.15, 0.2) is 5.69 Å². The molecule has 0 aromatic carbocycles. The molecule has 1 aromatic rings. The number of nitrogens with zero attached hydrogens (tertiary/aromatic N) is 2. The summed E-state index contributed by atoms with van der Waals surface area (Å²) in [6.45, 7) is 4.97. The molecule has 1 aliphatic rings. The fourth-order valence-corrected chi connectivity index (χ4v) is 3.47. The number of carbonyl (C=O) groups is 1. The minimum Gasteiger partial charge on any atom is -0.383 e. The van der Waals surface area contributed by atoms with Crippen LogP contribution in [0.3, 0.4) is 0 Å². The molecule has 150 valence electrons. The predicted molar refractivity (Wildman–Crippen MR) is 109 cm³/mol. The number of anilines is 2. The molecular formula is C20H32N4O3. The van der Waals surface area contributed by atoms with E-state index in [-0.39, 0.29) is 23.3 Å². The Kier molecular flexibility index (Phi) is 7.88. The predicted octanol–water partition coefficient (Wildman–Crippen LogP) is 2.80. The Balaban J connectivity index is 2.44. The molecule has 0 bridgehead atoms. The lowest BCUT2D eigenvalue weighted by Crippen LogP contribution is -2.44. The van der Waals surface area contributed by atoms with Crippen molar-refractivity contribution >= 4 is 17.4 Å². The van der Waals surface area contributed by atoms with Gasteiger partial charge in [-0.1, -0.05) is 45.3 Å². The Morgan fingerprint density at radius 1 is 1.22 bits per heavy atom. The first-order valence-electron chi connectivity index (χ1n) is 10.1. The van der Waals surface area contributed by atoms with Gasteiger partial charge >= 0.3 is 5.69 Å². The molecule has 27 heavy (non-hydrogen) atoms. The molecule has 7 nitrogen and oxygen atoms in total. The highest BCUT2D eigenvalue weighted by Gasteiger charge is 2.29. The molecule has 3 N–H and O–H groups in total. The van der Waals surface area contributed by atoms with Crippen LogP contribution in [0, 0.1) is 5.92 Å². The van der Waals surface area contributed by atoms with E-state index in [0.717, 1.165) is 44.9 Å². The van der Waals surface area contributed by atoms with Crippen molar-refractivity contribution in [1.82, 2.24) is 9.55 Å². The maximum absolute atomic E-state index is 13.2. The highest BCUT2D eigenvalue weighted by atomic mass is 16.2. The zero-order valence-electron chi connectivity index (χ0n) is 16.5. The first-order chi connectivity index (χ1) is 13.0. The maximum Gasteiger partial charge on any atom is 0.330 e. The second-order valence-corrected chi connectivity index (χ2v) is 7.18. The van der Waals surface area contributed by atoms with Crippen LogP contribution in [0.5, 0.6) is 0 Å². The molecule has 1 heterocycles. The number of carbonyl (C=O) groups excluding carboxylic acids is 1. The number of amides is 1. The van der Waals surface area contributed by atoms with Gasteiger partial charge in [0.25, 0.3) is 5.56 Å². The summed E-state index contributed by atoms with van der Waals surface area (Å²) in [5.74, 6) is -0.131. The number of unbranched alkanes of at least 4 members (excludes halogenated alkanes) is 3. The molecule has 0 saturated heterocycles. The minimum atomic E-state index is -0.582. The van der Waals surface area contributed by atoms with E-state index in [1.807, 2.05) is 13.0 Å². The summed E-state index contributed by atoms with van der Waals surface area (Å²) in [7, 11) is 0. The van der Waals surface area contributed by atoms with E-state index in [9.17, 15) is 14.4 Å². The van der Waals surface area contributed by atoms with Crippen LogP contribution in [0.25, 0.3) is 0 Å². The molecular weight excluding hydrogens is 344 g/mol. The lowest BCUT2D eigenvalue weighted by Gasteiger charge is -2.29. The number of aromatic amines is 1. The Morgan fingerprint density at radius 2 is 1.96 bits per heavy atom. The minimum absolute atomic E-state index is 0.0756. The lowest BCUT2D eigenvalue weighted by atomic mass is 9.93. The van der Waals surface area contributed by atoms with Crippen molar-refractivity contribution in [2.75, 3.05) is 17.2 Å². The van der Waals surface area contributed by atoms with E-state index in [2.05, 4.69) is 18.0 Å². The van der Waals surface area contributed by atoms with Crippen LogP contribution in [0.4, 0.5) is 11.5 Å². The molecule has 0 aliphatic heterocycles. The largest absolute Gasteiger partial charge is 0.383 e. The number of nitrogen functional groups attached to an aromatic ring is 1. The SMILES string of the molecule is CCCCCN(C(=O)C1CC=CCC1)c1c(N)n(CCCC)c(=O)[nH]c1=O. The van der Waals surface area contributed by atoms with Crippen molar-refractivity contribution in [2.24, 2.45) is 5.92 Å². The van der Waals surface area contributed by atoms with Gasteiger partial charge in [-0.3, -0.25) is 19.1 Å². The van der Waals surface area contributed by atoms with Gasteiger partial charge in [-0.25, -0.2) is 4.79 Å². The number of aromatic nitrogens is 2. The number of nitrogens with two attached hydrogens (primary N) is 1. The van der Waals surface area contributed by atoms with Crippen LogP contribution in [0.15, 0.2) is 21.7 Å². The van der Waals surface area contributed by atoms with Crippen LogP contribution < -0.4 is 21.9 Å². The fourth-order valence-electron chi connectivity index (χ4n) is 3.47. The monoisotopic (exact) mass is 376 g/mol. The lowest BCUT2D eigenvalue weighted by molar-refractivity contribution is -0.122. The van der Waals surface area contributed by atoms with E-state index in [0.29, 0.717) is 19.5 Å². The molecule has 0 saturated carbocycles. The molecule has 1 aliphatic carbocycles. The summed E-state index contributed by atoms with van der Waals surface area (Å²) >= 11 is 0. The topological polar surface area (TPSA) is 101 Å². The van der Waals surface area contributed by atoms with Crippen molar-refractivity contribution in [3.05, 3.63) is 33.0 Å². The van der Waals surface area contributed by atoms with Crippen LogP contribution in [-0.4, -0.2) is 22.0 Å². The zero-order valence-corrected chi connectivity index (χ0v) is 16.5. The Hall–Kier alpha value is -2.31. The van der Waals surface area contributed by atoms with Gasteiger partial charge in [0, 0.05) is 19.0 Å². The Bertz CT molecular complexity index is 778. The second-order valence-electron chi connectivity index (χ2n) is 7.18. The Morgan fingerprint density at radius 3 is 2.59 bits per heavy atom. The van der Waals surface area contributed by atoms with Gasteiger partial charge in [-0.05, 0) is 32.1 Å². The first kappa shape index (κ1) is 21.0. The number of rotatable bonds is 9. The molecule has 2 rings (SSSR count). The molecule has 0 radical (unpaired) electrons. The third-order valence-electron chi connectivity index (χ3n) is 5.09. The van der Waals surface area contributed by atoms with E-state index < -0.39 is 11.2 Å². The van der Waals surface area contributed by atoms with Gasteiger partial charge in [0.2, 0.25) is 5.91 Å². The van der Waals surface area contributed by atoms with Crippen LogP contribution in [0.1, 0.15) is 65.2 Å².